The minimum absolute atomic E-state index is 0.00303. The smallest absolute Gasteiger partial charge is 0.231 e. The number of nitrogens with zero attached hydrogens (tertiary/aromatic N) is 1. The maximum atomic E-state index is 13.6. The van der Waals surface area contributed by atoms with Crippen molar-refractivity contribution in [2.24, 2.45) is 0 Å². The SMILES string of the molecule is N#CCc1c(Br)cc2c(c1F)OCO2. The first-order chi connectivity index (χ1) is 6.74. The summed E-state index contributed by atoms with van der Waals surface area (Å²) in [7, 11) is 0. The maximum absolute atomic E-state index is 13.6. The first-order valence-electron chi connectivity index (χ1n) is 3.87. The molecule has 0 amide bonds. The van der Waals surface area contributed by atoms with E-state index in [1.807, 2.05) is 6.07 Å². The van der Waals surface area contributed by atoms with Gasteiger partial charge in [0.2, 0.25) is 12.5 Å². The Hall–Kier alpha value is -1.28. The van der Waals surface area contributed by atoms with Crippen LogP contribution in [0.25, 0.3) is 0 Å². The van der Waals surface area contributed by atoms with Crippen molar-refractivity contribution in [3.63, 3.8) is 0 Å². The maximum Gasteiger partial charge on any atom is 0.231 e. The molecule has 0 saturated heterocycles. The molecular weight excluding hydrogens is 253 g/mol. The monoisotopic (exact) mass is 257 g/mol. The molecule has 3 nitrogen and oxygen atoms in total. The number of fused-ring (bicyclic) bond motifs is 1. The van der Waals surface area contributed by atoms with Crippen molar-refractivity contribution in [2.75, 3.05) is 6.79 Å². The number of benzene rings is 1. The molecule has 0 radical (unpaired) electrons. The molecular formula is C9H5BrFNO2. The average molecular weight is 258 g/mol. The van der Waals surface area contributed by atoms with Gasteiger partial charge in [0.1, 0.15) is 0 Å². The highest BCUT2D eigenvalue weighted by Gasteiger charge is 2.23. The Morgan fingerprint density at radius 1 is 1.57 bits per heavy atom. The fourth-order valence-electron chi connectivity index (χ4n) is 1.25. The van der Waals surface area contributed by atoms with Gasteiger partial charge in [0.15, 0.2) is 11.6 Å². The Kier molecular flexibility index (Phi) is 2.30. The molecule has 1 aromatic rings. The number of ether oxygens (including phenoxy) is 2. The van der Waals surface area contributed by atoms with Crippen LogP contribution in [0.15, 0.2) is 10.5 Å². The summed E-state index contributed by atoms with van der Waals surface area (Å²) in [6.07, 6.45) is 0.00303. The van der Waals surface area contributed by atoms with Gasteiger partial charge in [-0.05, 0) is 6.07 Å². The number of hydrogen-bond donors (Lipinski definition) is 0. The summed E-state index contributed by atoms with van der Waals surface area (Å²) in [6.45, 7) is 0.0225. The first-order valence-corrected chi connectivity index (χ1v) is 4.66. The van der Waals surface area contributed by atoms with E-state index in [0.29, 0.717) is 15.8 Å². The highest BCUT2D eigenvalue weighted by molar-refractivity contribution is 9.10. The Morgan fingerprint density at radius 3 is 3.07 bits per heavy atom. The predicted molar refractivity (Wildman–Crippen MR) is 49.5 cm³/mol. The summed E-state index contributed by atoms with van der Waals surface area (Å²) in [5, 5.41) is 8.51. The zero-order valence-corrected chi connectivity index (χ0v) is 8.60. The number of nitriles is 1. The molecule has 0 fully saturated rings. The zero-order chi connectivity index (χ0) is 10.1. The number of rotatable bonds is 1. The van der Waals surface area contributed by atoms with Crippen molar-refractivity contribution in [3.05, 3.63) is 21.9 Å². The lowest BCUT2D eigenvalue weighted by Gasteiger charge is -2.04. The van der Waals surface area contributed by atoms with Crippen LogP contribution in [0.3, 0.4) is 0 Å². The average Bonchev–Trinajstić information content (AvgIpc) is 2.60. The van der Waals surface area contributed by atoms with E-state index in [1.165, 1.54) is 0 Å². The van der Waals surface area contributed by atoms with Gasteiger partial charge in [0, 0.05) is 10.0 Å². The minimum Gasteiger partial charge on any atom is -0.453 e. The van der Waals surface area contributed by atoms with Gasteiger partial charge >= 0.3 is 0 Å². The second-order valence-electron chi connectivity index (χ2n) is 2.72. The molecule has 0 bridgehead atoms. The molecule has 0 aliphatic carbocycles. The van der Waals surface area contributed by atoms with Crippen LogP contribution in [-0.2, 0) is 6.42 Å². The summed E-state index contributed by atoms with van der Waals surface area (Å²) < 4.78 is 24.1. The third-order valence-corrected chi connectivity index (χ3v) is 2.62. The molecule has 5 heteroatoms. The molecule has 0 saturated carbocycles. The van der Waals surface area contributed by atoms with Gasteiger partial charge in [0.25, 0.3) is 0 Å². The van der Waals surface area contributed by atoms with E-state index < -0.39 is 5.82 Å². The fourth-order valence-corrected chi connectivity index (χ4v) is 1.77. The van der Waals surface area contributed by atoms with Gasteiger partial charge in [0.05, 0.1) is 12.5 Å². The van der Waals surface area contributed by atoms with Crippen LogP contribution in [0.1, 0.15) is 5.56 Å². The van der Waals surface area contributed by atoms with Gasteiger partial charge in [-0.2, -0.15) is 5.26 Å². The molecule has 2 rings (SSSR count). The van der Waals surface area contributed by atoms with Gasteiger partial charge in [-0.1, -0.05) is 15.9 Å². The van der Waals surface area contributed by atoms with Crippen molar-refractivity contribution >= 4 is 15.9 Å². The second-order valence-corrected chi connectivity index (χ2v) is 3.57. The van der Waals surface area contributed by atoms with Crippen LogP contribution in [0.4, 0.5) is 4.39 Å². The summed E-state index contributed by atoms with van der Waals surface area (Å²) in [6, 6.07) is 3.50. The highest BCUT2D eigenvalue weighted by atomic mass is 79.9. The van der Waals surface area contributed by atoms with Crippen molar-refractivity contribution in [1.29, 1.82) is 5.26 Å². The van der Waals surface area contributed by atoms with Crippen molar-refractivity contribution < 1.29 is 13.9 Å². The Morgan fingerprint density at radius 2 is 2.36 bits per heavy atom. The van der Waals surface area contributed by atoms with Crippen LogP contribution in [0.5, 0.6) is 11.5 Å². The van der Waals surface area contributed by atoms with Gasteiger partial charge in [-0.3, -0.25) is 0 Å². The van der Waals surface area contributed by atoms with Gasteiger partial charge in [-0.15, -0.1) is 0 Å². The molecule has 72 valence electrons. The van der Waals surface area contributed by atoms with Crippen LogP contribution >= 0.6 is 15.9 Å². The van der Waals surface area contributed by atoms with E-state index in [9.17, 15) is 4.39 Å². The quantitative estimate of drug-likeness (QED) is 0.776. The first kappa shape index (κ1) is 9.28. The summed E-state index contributed by atoms with van der Waals surface area (Å²) in [4.78, 5) is 0. The molecule has 1 aliphatic rings. The fraction of sp³-hybridized carbons (Fsp3) is 0.222. The third-order valence-electron chi connectivity index (χ3n) is 1.91. The standard InChI is InChI=1S/C9H5BrFNO2/c10-6-3-7-9(14-4-13-7)8(11)5(6)1-2-12/h3H,1,4H2. The van der Waals surface area contributed by atoms with Gasteiger partial charge < -0.3 is 9.47 Å². The highest BCUT2D eigenvalue weighted by Crippen LogP contribution is 2.40. The molecule has 1 heterocycles. The molecule has 0 aromatic heterocycles. The predicted octanol–water partition coefficient (Wildman–Crippen LogP) is 2.38. The minimum atomic E-state index is -0.520. The normalized spacial score (nSPS) is 12.6. The topological polar surface area (TPSA) is 42.2 Å². The van der Waals surface area contributed by atoms with Crippen molar-refractivity contribution in [2.45, 2.75) is 6.42 Å². The lowest BCUT2D eigenvalue weighted by molar-refractivity contribution is 0.171. The van der Waals surface area contributed by atoms with E-state index in [4.69, 9.17) is 14.7 Å². The molecule has 1 aliphatic heterocycles. The second kappa shape index (κ2) is 3.46. The van der Waals surface area contributed by atoms with E-state index in [-0.39, 0.29) is 19.0 Å². The molecule has 0 N–H and O–H groups in total. The van der Waals surface area contributed by atoms with Crippen molar-refractivity contribution in [1.82, 2.24) is 0 Å². The van der Waals surface area contributed by atoms with Crippen LogP contribution < -0.4 is 9.47 Å². The lowest BCUT2D eigenvalue weighted by Crippen LogP contribution is -1.95. The summed E-state index contributed by atoms with van der Waals surface area (Å²) in [5.74, 6) is -0.0528. The van der Waals surface area contributed by atoms with E-state index in [1.54, 1.807) is 6.07 Å². The molecule has 14 heavy (non-hydrogen) atoms. The summed E-state index contributed by atoms with van der Waals surface area (Å²) >= 11 is 3.18. The molecule has 0 atom stereocenters. The third kappa shape index (κ3) is 1.32. The largest absolute Gasteiger partial charge is 0.453 e. The number of halogens is 2. The molecule has 1 aromatic carbocycles. The van der Waals surface area contributed by atoms with Gasteiger partial charge in [-0.25, -0.2) is 4.39 Å². The molecule has 0 spiro atoms. The lowest BCUT2D eigenvalue weighted by atomic mass is 10.1. The van der Waals surface area contributed by atoms with Crippen LogP contribution in [0.2, 0.25) is 0 Å². The van der Waals surface area contributed by atoms with Crippen LogP contribution in [0, 0.1) is 17.1 Å². The molecule has 0 unspecified atom stereocenters. The zero-order valence-electron chi connectivity index (χ0n) is 7.01. The van der Waals surface area contributed by atoms with E-state index in [0.717, 1.165) is 0 Å². The summed E-state index contributed by atoms with van der Waals surface area (Å²) in [5.41, 5.74) is 0.303. The number of hydrogen-bond acceptors (Lipinski definition) is 3. The Balaban J connectivity index is 2.58. The van der Waals surface area contributed by atoms with Crippen molar-refractivity contribution in [3.8, 4) is 17.6 Å². The Bertz CT molecular complexity index is 428. The Labute approximate surface area is 88.2 Å². The van der Waals surface area contributed by atoms with E-state index >= 15 is 0 Å². The van der Waals surface area contributed by atoms with Crippen LogP contribution in [-0.4, -0.2) is 6.79 Å². The van der Waals surface area contributed by atoms with E-state index in [2.05, 4.69) is 15.9 Å².